The van der Waals surface area contributed by atoms with Crippen LogP contribution >= 0.6 is 11.3 Å². The lowest BCUT2D eigenvalue weighted by Gasteiger charge is -2.19. The summed E-state index contributed by atoms with van der Waals surface area (Å²) >= 11 is 1.65. The predicted octanol–water partition coefficient (Wildman–Crippen LogP) is 3.20. The van der Waals surface area contributed by atoms with E-state index < -0.39 is 0 Å². The molecule has 0 spiro atoms. The summed E-state index contributed by atoms with van der Waals surface area (Å²) in [5.41, 5.74) is 2.13. The Labute approximate surface area is 139 Å². The van der Waals surface area contributed by atoms with Gasteiger partial charge in [-0.25, -0.2) is 4.98 Å². The largest absolute Gasteiger partial charge is 0.454 e. The van der Waals surface area contributed by atoms with E-state index in [0.717, 1.165) is 47.3 Å². The summed E-state index contributed by atoms with van der Waals surface area (Å²) in [5, 5.41) is 6.63. The Bertz CT molecular complexity index is 682. The standard InChI is InChI=1S/C17H20N2O3S/c1-11(14-3-2-6-20-14)18-8-13-9-23-17(19-13)12-4-5-15-16(7-12)22-10-21-15/h4-5,7,9,11,14,18H,2-3,6,8,10H2,1H3/t11-,14+/m1/s1. The van der Waals surface area contributed by atoms with E-state index in [1.54, 1.807) is 11.3 Å². The van der Waals surface area contributed by atoms with Gasteiger partial charge in [-0.15, -0.1) is 11.3 Å². The van der Waals surface area contributed by atoms with Gasteiger partial charge in [-0.3, -0.25) is 0 Å². The van der Waals surface area contributed by atoms with Crippen molar-refractivity contribution in [2.75, 3.05) is 13.4 Å². The van der Waals surface area contributed by atoms with E-state index in [-0.39, 0.29) is 0 Å². The Morgan fingerprint density at radius 1 is 1.35 bits per heavy atom. The normalized spacial score (nSPS) is 20.8. The molecule has 0 amide bonds. The highest BCUT2D eigenvalue weighted by atomic mass is 32.1. The second-order valence-electron chi connectivity index (χ2n) is 5.93. The molecule has 1 saturated heterocycles. The van der Waals surface area contributed by atoms with Crippen molar-refractivity contribution in [1.82, 2.24) is 10.3 Å². The molecular weight excluding hydrogens is 312 g/mol. The van der Waals surface area contributed by atoms with E-state index in [4.69, 9.17) is 19.2 Å². The van der Waals surface area contributed by atoms with Gasteiger partial charge in [-0.2, -0.15) is 0 Å². The Balaban J connectivity index is 1.40. The molecule has 0 aliphatic carbocycles. The van der Waals surface area contributed by atoms with Crippen molar-refractivity contribution in [2.24, 2.45) is 0 Å². The minimum Gasteiger partial charge on any atom is -0.454 e. The van der Waals surface area contributed by atoms with Gasteiger partial charge < -0.3 is 19.5 Å². The van der Waals surface area contributed by atoms with E-state index in [2.05, 4.69) is 17.6 Å². The SMILES string of the molecule is C[C@@H](NCc1csc(-c2ccc3c(c2)OCO3)n1)[C@@H]1CCCO1. The summed E-state index contributed by atoms with van der Waals surface area (Å²) in [6.07, 6.45) is 2.65. The van der Waals surface area contributed by atoms with Crippen molar-refractivity contribution in [3.8, 4) is 22.1 Å². The third-order valence-corrected chi connectivity index (χ3v) is 5.24. The molecule has 0 unspecified atom stereocenters. The van der Waals surface area contributed by atoms with E-state index in [1.165, 1.54) is 6.42 Å². The third-order valence-electron chi connectivity index (χ3n) is 4.30. The molecule has 0 bridgehead atoms. The Hall–Kier alpha value is -1.63. The summed E-state index contributed by atoms with van der Waals surface area (Å²) in [6, 6.07) is 6.32. The smallest absolute Gasteiger partial charge is 0.231 e. The first kappa shape index (κ1) is 14.9. The second-order valence-corrected chi connectivity index (χ2v) is 6.79. The molecule has 5 nitrogen and oxygen atoms in total. The molecule has 1 aromatic carbocycles. The van der Waals surface area contributed by atoms with Gasteiger partial charge in [0.25, 0.3) is 0 Å². The Morgan fingerprint density at radius 3 is 3.13 bits per heavy atom. The molecular formula is C17H20N2O3S. The van der Waals surface area contributed by atoms with Crippen LogP contribution in [0.1, 0.15) is 25.5 Å². The van der Waals surface area contributed by atoms with Crippen LogP contribution in [-0.2, 0) is 11.3 Å². The van der Waals surface area contributed by atoms with Gasteiger partial charge in [-0.1, -0.05) is 0 Å². The lowest BCUT2D eigenvalue weighted by molar-refractivity contribution is 0.0831. The van der Waals surface area contributed by atoms with Crippen LogP contribution in [0.4, 0.5) is 0 Å². The Morgan fingerprint density at radius 2 is 2.26 bits per heavy atom. The molecule has 6 heteroatoms. The topological polar surface area (TPSA) is 52.6 Å². The molecule has 2 aromatic rings. The monoisotopic (exact) mass is 332 g/mol. The van der Waals surface area contributed by atoms with Gasteiger partial charge in [0.05, 0.1) is 11.8 Å². The molecule has 4 rings (SSSR count). The van der Waals surface area contributed by atoms with Crippen molar-refractivity contribution < 1.29 is 14.2 Å². The van der Waals surface area contributed by atoms with E-state index in [0.29, 0.717) is 18.9 Å². The summed E-state index contributed by atoms with van der Waals surface area (Å²) < 4.78 is 16.5. The lowest BCUT2D eigenvalue weighted by atomic mass is 10.1. The van der Waals surface area contributed by atoms with Crippen LogP contribution in [0, 0.1) is 0 Å². The third kappa shape index (κ3) is 3.20. The fourth-order valence-electron chi connectivity index (χ4n) is 2.94. The lowest BCUT2D eigenvalue weighted by Crippen LogP contribution is -2.36. The maximum atomic E-state index is 5.71. The van der Waals surface area contributed by atoms with E-state index >= 15 is 0 Å². The zero-order valence-electron chi connectivity index (χ0n) is 13.1. The summed E-state index contributed by atoms with van der Waals surface area (Å²) in [6.45, 7) is 4.14. The summed E-state index contributed by atoms with van der Waals surface area (Å²) in [7, 11) is 0. The maximum absolute atomic E-state index is 5.71. The van der Waals surface area contributed by atoms with Crippen molar-refractivity contribution in [2.45, 2.75) is 38.5 Å². The molecule has 3 heterocycles. The molecule has 1 N–H and O–H groups in total. The van der Waals surface area contributed by atoms with Crippen LogP contribution in [0.5, 0.6) is 11.5 Å². The van der Waals surface area contributed by atoms with Gasteiger partial charge in [0, 0.05) is 30.1 Å². The average molecular weight is 332 g/mol. The highest BCUT2D eigenvalue weighted by Crippen LogP contribution is 2.36. The van der Waals surface area contributed by atoms with E-state index in [1.807, 2.05) is 18.2 Å². The number of hydrogen-bond acceptors (Lipinski definition) is 6. The molecule has 2 aliphatic heterocycles. The molecule has 2 atom stereocenters. The van der Waals surface area contributed by atoms with Crippen LogP contribution in [-0.4, -0.2) is 30.5 Å². The Kier molecular flexibility index (Phi) is 4.20. The van der Waals surface area contributed by atoms with Crippen molar-refractivity contribution >= 4 is 11.3 Å². The van der Waals surface area contributed by atoms with Gasteiger partial charge in [0.1, 0.15) is 5.01 Å². The highest BCUT2D eigenvalue weighted by Gasteiger charge is 2.22. The van der Waals surface area contributed by atoms with Gasteiger partial charge in [0.15, 0.2) is 11.5 Å². The van der Waals surface area contributed by atoms with Crippen LogP contribution < -0.4 is 14.8 Å². The number of thiazole rings is 1. The zero-order valence-corrected chi connectivity index (χ0v) is 13.9. The summed E-state index contributed by atoms with van der Waals surface area (Å²) in [5.74, 6) is 1.60. The van der Waals surface area contributed by atoms with Crippen LogP contribution in [0.3, 0.4) is 0 Å². The van der Waals surface area contributed by atoms with Gasteiger partial charge >= 0.3 is 0 Å². The number of ether oxygens (including phenoxy) is 3. The number of nitrogens with zero attached hydrogens (tertiary/aromatic N) is 1. The molecule has 2 aliphatic rings. The maximum Gasteiger partial charge on any atom is 0.231 e. The average Bonchev–Trinajstić information content (AvgIpc) is 3.32. The van der Waals surface area contributed by atoms with Crippen LogP contribution in [0.2, 0.25) is 0 Å². The molecule has 122 valence electrons. The van der Waals surface area contributed by atoms with E-state index in [9.17, 15) is 0 Å². The van der Waals surface area contributed by atoms with Crippen molar-refractivity contribution in [1.29, 1.82) is 0 Å². The number of rotatable bonds is 5. The van der Waals surface area contributed by atoms with Crippen molar-refractivity contribution in [3.63, 3.8) is 0 Å². The second kappa shape index (κ2) is 6.47. The first-order valence-electron chi connectivity index (χ1n) is 7.99. The molecule has 23 heavy (non-hydrogen) atoms. The molecule has 0 radical (unpaired) electrons. The molecule has 1 aromatic heterocycles. The van der Waals surface area contributed by atoms with Gasteiger partial charge in [0.2, 0.25) is 6.79 Å². The fraction of sp³-hybridized carbons (Fsp3) is 0.471. The zero-order chi connectivity index (χ0) is 15.6. The number of hydrogen-bond donors (Lipinski definition) is 1. The minimum atomic E-state index is 0.299. The fourth-order valence-corrected chi connectivity index (χ4v) is 3.76. The predicted molar refractivity (Wildman–Crippen MR) is 88.9 cm³/mol. The quantitative estimate of drug-likeness (QED) is 0.911. The van der Waals surface area contributed by atoms with Gasteiger partial charge in [-0.05, 0) is 38.0 Å². The summed E-state index contributed by atoms with van der Waals surface area (Å²) in [4.78, 5) is 4.72. The number of fused-ring (bicyclic) bond motifs is 1. The molecule has 0 saturated carbocycles. The van der Waals surface area contributed by atoms with Crippen LogP contribution in [0.15, 0.2) is 23.6 Å². The number of aromatic nitrogens is 1. The number of benzene rings is 1. The van der Waals surface area contributed by atoms with Crippen LogP contribution in [0.25, 0.3) is 10.6 Å². The number of nitrogens with one attached hydrogen (secondary N) is 1. The highest BCUT2D eigenvalue weighted by molar-refractivity contribution is 7.13. The van der Waals surface area contributed by atoms with Crippen molar-refractivity contribution in [3.05, 3.63) is 29.3 Å². The molecule has 1 fully saturated rings. The first-order valence-corrected chi connectivity index (χ1v) is 8.87. The first-order chi connectivity index (χ1) is 11.3. The minimum absolute atomic E-state index is 0.299.